The second-order valence-electron chi connectivity index (χ2n) is 6.20. The van der Waals surface area contributed by atoms with Crippen LogP contribution in [0.25, 0.3) is 10.7 Å². The first-order valence-corrected chi connectivity index (χ1v) is 8.27. The molecule has 0 radical (unpaired) electrons. The fraction of sp³-hybridized carbons (Fsp3) is 0.533. The zero-order valence-electron chi connectivity index (χ0n) is 13.3. The van der Waals surface area contributed by atoms with Crippen LogP contribution in [0.3, 0.4) is 0 Å². The van der Waals surface area contributed by atoms with Crippen molar-refractivity contribution in [3.8, 4) is 10.7 Å². The lowest BCUT2D eigenvalue weighted by atomic mass is 10.2. The lowest BCUT2D eigenvalue weighted by molar-refractivity contribution is -0.0401. The van der Waals surface area contributed by atoms with Gasteiger partial charge in [-0.05, 0) is 32.2 Å². The third kappa shape index (κ3) is 3.70. The van der Waals surface area contributed by atoms with Crippen LogP contribution in [0.1, 0.15) is 32.7 Å². The van der Waals surface area contributed by atoms with Gasteiger partial charge in [-0.25, -0.2) is 4.79 Å². The van der Waals surface area contributed by atoms with Crippen LogP contribution in [0.15, 0.2) is 22.0 Å². The molecule has 8 heteroatoms. The summed E-state index contributed by atoms with van der Waals surface area (Å²) in [6, 6.07) is 3.41. The van der Waals surface area contributed by atoms with Crippen molar-refractivity contribution in [3.63, 3.8) is 0 Å². The summed E-state index contributed by atoms with van der Waals surface area (Å²) in [5.74, 6) is 0.878. The van der Waals surface area contributed by atoms with E-state index in [1.807, 2.05) is 38.3 Å². The van der Waals surface area contributed by atoms with E-state index in [9.17, 15) is 4.79 Å². The summed E-state index contributed by atoms with van der Waals surface area (Å²) in [4.78, 5) is 19.3. The normalized spacial score (nSPS) is 18.9. The molecule has 3 heterocycles. The number of ether oxygens (including phenoxy) is 2. The Kier molecular flexibility index (Phi) is 4.36. The Morgan fingerprint density at radius 3 is 3.00 bits per heavy atom. The second-order valence-corrected chi connectivity index (χ2v) is 7.15. The summed E-state index contributed by atoms with van der Waals surface area (Å²) in [6.07, 6.45) is -0.401. The van der Waals surface area contributed by atoms with E-state index in [1.54, 1.807) is 4.90 Å². The molecule has 2 aromatic rings. The van der Waals surface area contributed by atoms with Gasteiger partial charge in [0.25, 0.3) is 5.89 Å². The SMILES string of the molecule is CC(C)(C)OC(=O)N1CCOC[C@H]1c1nc(-c2cccs2)no1. The van der Waals surface area contributed by atoms with Crippen LogP contribution in [-0.4, -0.2) is 46.5 Å². The van der Waals surface area contributed by atoms with Crippen LogP contribution in [0.5, 0.6) is 0 Å². The molecule has 0 N–H and O–H groups in total. The molecular weight excluding hydrogens is 318 g/mol. The van der Waals surface area contributed by atoms with E-state index in [1.165, 1.54) is 11.3 Å². The minimum atomic E-state index is -0.559. The van der Waals surface area contributed by atoms with Crippen molar-refractivity contribution in [1.82, 2.24) is 15.0 Å². The van der Waals surface area contributed by atoms with Gasteiger partial charge in [0.1, 0.15) is 11.6 Å². The van der Waals surface area contributed by atoms with Crippen molar-refractivity contribution in [2.75, 3.05) is 19.8 Å². The largest absolute Gasteiger partial charge is 0.444 e. The van der Waals surface area contributed by atoms with Crippen LogP contribution in [0.2, 0.25) is 0 Å². The van der Waals surface area contributed by atoms with Gasteiger partial charge in [0.2, 0.25) is 5.82 Å². The van der Waals surface area contributed by atoms with Crippen LogP contribution >= 0.6 is 11.3 Å². The molecule has 0 aliphatic carbocycles. The standard InChI is InChI=1S/C15H19N3O4S/c1-15(2,3)21-14(19)18-6-7-20-9-10(18)13-16-12(17-22-13)11-5-4-8-23-11/h4-5,8,10H,6-7,9H2,1-3H3/t10-/m0/s1. The van der Waals surface area contributed by atoms with Gasteiger partial charge >= 0.3 is 6.09 Å². The molecule has 124 valence electrons. The molecule has 0 unspecified atom stereocenters. The van der Waals surface area contributed by atoms with Crippen LogP contribution in [0.4, 0.5) is 4.79 Å². The third-order valence-corrected chi connectivity index (χ3v) is 4.09. The van der Waals surface area contributed by atoms with Crippen molar-refractivity contribution in [2.45, 2.75) is 32.4 Å². The van der Waals surface area contributed by atoms with E-state index in [4.69, 9.17) is 14.0 Å². The van der Waals surface area contributed by atoms with Crippen LogP contribution < -0.4 is 0 Å². The van der Waals surface area contributed by atoms with Crippen molar-refractivity contribution in [3.05, 3.63) is 23.4 Å². The zero-order chi connectivity index (χ0) is 16.4. The Balaban J connectivity index is 1.80. The smallest absolute Gasteiger partial charge is 0.411 e. The Bertz CT molecular complexity index is 663. The lowest BCUT2D eigenvalue weighted by Gasteiger charge is -2.34. The van der Waals surface area contributed by atoms with Gasteiger partial charge in [0.05, 0.1) is 18.1 Å². The van der Waals surface area contributed by atoms with E-state index < -0.39 is 17.7 Å². The van der Waals surface area contributed by atoms with Crippen molar-refractivity contribution < 1.29 is 18.8 Å². The van der Waals surface area contributed by atoms with Crippen molar-refractivity contribution in [2.24, 2.45) is 0 Å². The van der Waals surface area contributed by atoms with Gasteiger partial charge in [-0.15, -0.1) is 11.3 Å². The first-order valence-electron chi connectivity index (χ1n) is 7.39. The Hall–Kier alpha value is -1.93. The van der Waals surface area contributed by atoms with Gasteiger partial charge in [0, 0.05) is 6.54 Å². The number of carbonyl (C=O) groups is 1. The van der Waals surface area contributed by atoms with E-state index >= 15 is 0 Å². The highest BCUT2D eigenvalue weighted by Crippen LogP contribution is 2.28. The molecule has 0 aromatic carbocycles. The summed E-state index contributed by atoms with van der Waals surface area (Å²) in [5, 5.41) is 5.94. The molecule has 7 nitrogen and oxygen atoms in total. The monoisotopic (exact) mass is 337 g/mol. The third-order valence-electron chi connectivity index (χ3n) is 3.22. The Morgan fingerprint density at radius 2 is 2.30 bits per heavy atom. The maximum Gasteiger partial charge on any atom is 0.411 e. The molecule has 1 aliphatic heterocycles. The Labute approximate surface area is 138 Å². The molecular formula is C15H19N3O4S. The van der Waals surface area contributed by atoms with Gasteiger partial charge in [-0.1, -0.05) is 11.2 Å². The molecule has 0 bridgehead atoms. The van der Waals surface area contributed by atoms with Crippen molar-refractivity contribution in [1.29, 1.82) is 0 Å². The fourth-order valence-electron chi connectivity index (χ4n) is 2.22. The predicted octanol–water partition coefficient (Wildman–Crippen LogP) is 3.11. The highest BCUT2D eigenvalue weighted by Gasteiger charge is 2.35. The average molecular weight is 337 g/mol. The number of morpholine rings is 1. The fourth-order valence-corrected chi connectivity index (χ4v) is 2.87. The quantitative estimate of drug-likeness (QED) is 0.838. The number of carbonyl (C=O) groups excluding carboxylic acids is 1. The van der Waals surface area contributed by atoms with Gasteiger partial charge in [-0.3, -0.25) is 4.90 Å². The highest BCUT2D eigenvalue weighted by molar-refractivity contribution is 7.13. The van der Waals surface area contributed by atoms with E-state index in [0.29, 0.717) is 31.5 Å². The number of aromatic nitrogens is 2. The number of thiophene rings is 1. The summed E-state index contributed by atoms with van der Waals surface area (Å²) < 4.78 is 16.3. The summed E-state index contributed by atoms with van der Waals surface area (Å²) in [6.45, 7) is 6.70. The molecule has 23 heavy (non-hydrogen) atoms. The Morgan fingerprint density at radius 1 is 1.48 bits per heavy atom. The second kappa shape index (κ2) is 6.29. The topological polar surface area (TPSA) is 77.7 Å². The number of rotatable bonds is 2. The molecule has 1 atom stereocenters. The van der Waals surface area contributed by atoms with Gasteiger partial charge in [-0.2, -0.15) is 4.98 Å². The molecule has 0 saturated carbocycles. The molecule has 1 fully saturated rings. The maximum absolute atomic E-state index is 12.4. The van der Waals surface area contributed by atoms with E-state index in [-0.39, 0.29) is 0 Å². The molecule has 2 aromatic heterocycles. The first kappa shape index (κ1) is 15.9. The number of hydrogen-bond acceptors (Lipinski definition) is 7. The molecule has 1 saturated heterocycles. The lowest BCUT2D eigenvalue weighted by Crippen LogP contribution is -2.45. The highest BCUT2D eigenvalue weighted by atomic mass is 32.1. The molecule has 1 aliphatic rings. The molecule has 0 spiro atoms. The minimum Gasteiger partial charge on any atom is -0.444 e. The maximum atomic E-state index is 12.4. The van der Waals surface area contributed by atoms with E-state index in [2.05, 4.69) is 10.1 Å². The average Bonchev–Trinajstić information content (AvgIpc) is 3.16. The number of amides is 1. The van der Waals surface area contributed by atoms with Gasteiger partial charge in [0.15, 0.2) is 0 Å². The van der Waals surface area contributed by atoms with Gasteiger partial charge < -0.3 is 14.0 Å². The minimum absolute atomic E-state index is 0.311. The van der Waals surface area contributed by atoms with Crippen LogP contribution in [0, 0.1) is 0 Å². The predicted molar refractivity (Wildman–Crippen MR) is 84.1 cm³/mol. The number of hydrogen-bond donors (Lipinski definition) is 0. The number of nitrogens with zero attached hydrogens (tertiary/aromatic N) is 3. The van der Waals surface area contributed by atoms with E-state index in [0.717, 1.165) is 4.88 Å². The summed E-state index contributed by atoms with van der Waals surface area (Å²) in [5.41, 5.74) is -0.559. The van der Waals surface area contributed by atoms with Crippen molar-refractivity contribution >= 4 is 17.4 Å². The summed E-state index contributed by atoms with van der Waals surface area (Å²) in [7, 11) is 0. The molecule has 1 amide bonds. The molecule has 3 rings (SSSR count). The first-order chi connectivity index (χ1) is 10.9. The zero-order valence-corrected chi connectivity index (χ0v) is 14.1. The summed E-state index contributed by atoms with van der Waals surface area (Å²) >= 11 is 1.53. The van der Waals surface area contributed by atoms with Crippen LogP contribution in [-0.2, 0) is 9.47 Å².